The Balaban J connectivity index is 2.05. The topological polar surface area (TPSA) is 74.3 Å². The molecule has 6 heteroatoms. The number of nitrogens with zero attached hydrogens (tertiary/aromatic N) is 2. The van der Waals surface area contributed by atoms with Crippen LogP contribution < -0.4 is 15.5 Å². The van der Waals surface area contributed by atoms with Crippen molar-refractivity contribution in [3.05, 3.63) is 53.9 Å². The molecule has 144 valence electrons. The molecule has 27 heavy (non-hydrogen) atoms. The lowest BCUT2D eigenvalue weighted by molar-refractivity contribution is 0.0944. The minimum atomic E-state index is -0.276. The van der Waals surface area contributed by atoms with Crippen molar-refractivity contribution in [2.45, 2.75) is 27.7 Å². The minimum absolute atomic E-state index is 0.236. The summed E-state index contributed by atoms with van der Waals surface area (Å²) in [6.45, 7) is 10.7. The first-order valence-corrected chi connectivity index (χ1v) is 9.35. The normalized spacial score (nSPS) is 10.6. The molecule has 0 saturated carbocycles. The van der Waals surface area contributed by atoms with Crippen molar-refractivity contribution in [2.75, 3.05) is 29.9 Å². The van der Waals surface area contributed by atoms with Crippen molar-refractivity contribution in [3.63, 3.8) is 0 Å². The van der Waals surface area contributed by atoms with Gasteiger partial charge in [-0.05, 0) is 56.2 Å². The standard InChI is InChI=1S/C21H28N4O2/c1-5-25(6-2)18-9-7-17(8-10-18)24-20(26)16-11-12-22-19(13-16)21(27)23-14-15(3)4/h7-13,15H,5-6,14H2,1-4H3,(H,23,27)(H,24,26). The van der Waals surface area contributed by atoms with Crippen LogP contribution in [-0.4, -0.2) is 36.4 Å². The van der Waals surface area contributed by atoms with Crippen molar-refractivity contribution in [1.29, 1.82) is 0 Å². The van der Waals surface area contributed by atoms with Crippen LogP contribution in [0.4, 0.5) is 11.4 Å². The molecular formula is C21H28N4O2. The van der Waals surface area contributed by atoms with Crippen LogP contribution in [0.15, 0.2) is 42.6 Å². The smallest absolute Gasteiger partial charge is 0.269 e. The van der Waals surface area contributed by atoms with Gasteiger partial charge in [-0.2, -0.15) is 0 Å². The molecule has 1 aromatic carbocycles. The number of carbonyl (C=O) groups is 2. The molecule has 6 nitrogen and oxygen atoms in total. The molecule has 0 saturated heterocycles. The highest BCUT2D eigenvalue weighted by atomic mass is 16.2. The zero-order chi connectivity index (χ0) is 19.8. The van der Waals surface area contributed by atoms with Gasteiger partial charge in [0, 0.05) is 42.8 Å². The lowest BCUT2D eigenvalue weighted by Crippen LogP contribution is -2.28. The maximum atomic E-state index is 12.5. The number of carbonyl (C=O) groups excluding carboxylic acids is 2. The molecule has 2 rings (SSSR count). The zero-order valence-electron chi connectivity index (χ0n) is 16.5. The fourth-order valence-electron chi connectivity index (χ4n) is 2.63. The number of rotatable bonds is 8. The molecule has 0 fully saturated rings. The summed E-state index contributed by atoms with van der Waals surface area (Å²) in [5.74, 6) is -0.201. The number of aromatic nitrogens is 1. The molecular weight excluding hydrogens is 340 g/mol. The van der Waals surface area contributed by atoms with Gasteiger partial charge in [0.1, 0.15) is 5.69 Å². The lowest BCUT2D eigenvalue weighted by Gasteiger charge is -2.21. The Hall–Kier alpha value is -2.89. The minimum Gasteiger partial charge on any atom is -0.372 e. The van der Waals surface area contributed by atoms with E-state index in [1.807, 2.05) is 38.1 Å². The second-order valence-electron chi connectivity index (χ2n) is 6.71. The number of pyridine rings is 1. The average molecular weight is 368 g/mol. The highest BCUT2D eigenvalue weighted by Crippen LogP contribution is 2.18. The third-order valence-corrected chi connectivity index (χ3v) is 4.18. The number of anilines is 2. The molecule has 0 radical (unpaired) electrons. The Morgan fingerprint density at radius 1 is 1.04 bits per heavy atom. The van der Waals surface area contributed by atoms with Crippen molar-refractivity contribution in [2.24, 2.45) is 5.92 Å². The Morgan fingerprint density at radius 2 is 1.70 bits per heavy atom. The van der Waals surface area contributed by atoms with E-state index in [0.29, 0.717) is 23.7 Å². The van der Waals surface area contributed by atoms with Gasteiger partial charge in [0.25, 0.3) is 11.8 Å². The number of nitrogens with one attached hydrogen (secondary N) is 2. The van der Waals surface area contributed by atoms with Crippen LogP contribution in [0.1, 0.15) is 48.5 Å². The predicted octanol–water partition coefficient (Wildman–Crippen LogP) is 3.57. The highest BCUT2D eigenvalue weighted by Gasteiger charge is 2.12. The monoisotopic (exact) mass is 368 g/mol. The SMILES string of the molecule is CCN(CC)c1ccc(NC(=O)c2ccnc(C(=O)NCC(C)C)c2)cc1. The molecule has 2 amide bonds. The molecule has 2 aromatic rings. The van der Waals surface area contributed by atoms with E-state index in [2.05, 4.69) is 34.4 Å². The molecule has 2 N–H and O–H groups in total. The fraction of sp³-hybridized carbons (Fsp3) is 0.381. The van der Waals surface area contributed by atoms with E-state index in [0.717, 1.165) is 18.8 Å². The van der Waals surface area contributed by atoms with Crippen LogP contribution in [0, 0.1) is 5.92 Å². The zero-order valence-corrected chi connectivity index (χ0v) is 16.5. The summed E-state index contributed by atoms with van der Waals surface area (Å²) < 4.78 is 0. The van der Waals surface area contributed by atoms with E-state index in [1.165, 1.54) is 12.3 Å². The Bertz CT molecular complexity index is 768. The van der Waals surface area contributed by atoms with Crippen LogP contribution in [0.3, 0.4) is 0 Å². The molecule has 1 heterocycles. The number of hydrogen-bond acceptors (Lipinski definition) is 4. The molecule has 1 aromatic heterocycles. The van der Waals surface area contributed by atoms with E-state index in [-0.39, 0.29) is 17.5 Å². The van der Waals surface area contributed by atoms with E-state index in [9.17, 15) is 9.59 Å². The highest BCUT2D eigenvalue weighted by molar-refractivity contribution is 6.05. The molecule has 0 bridgehead atoms. The van der Waals surface area contributed by atoms with Crippen LogP contribution >= 0.6 is 0 Å². The Labute approximate surface area is 161 Å². The van der Waals surface area contributed by atoms with Gasteiger partial charge in [-0.25, -0.2) is 0 Å². The molecule has 0 aliphatic heterocycles. The van der Waals surface area contributed by atoms with E-state index in [4.69, 9.17) is 0 Å². The first-order valence-electron chi connectivity index (χ1n) is 9.35. The first kappa shape index (κ1) is 20.4. The summed E-state index contributed by atoms with van der Waals surface area (Å²) in [5, 5.41) is 5.66. The van der Waals surface area contributed by atoms with Crippen LogP contribution in [0.2, 0.25) is 0 Å². The van der Waals surface area contributed by atoms with Crippen molar-refractivity contribution in [1.82, 2.24) is 10.3 Å². The number of benzene rings is 1. The second-order valence-corrected chi connectivity index (χ2v) is 6.71. The summed E-state index contributed by atoms with van der Waals surface area (Å²) >= 11 is 0. The van der Waals surface area contributed by atoms with Gasteiger partial charge in [-0.3, -0.25) is 14.6 Å². The second kappa shape index (κ2) is 9.71. The summed E-state index contributed by atoms with van der Waals surface area (Å²) in [4.78, 5) is 30.9. The molecule has 0 aliphatic rings. The summed E-state index contributed by atoms with van der Waals surface area (Å²) in [6.07, 6.45) is 1.47. The van der Waals surface area contributed by atoms with Gasteiger partial charge < -0.3 is 15.5 Å². The van der Waals surface area contributed by atoms with Crippen LogP contribution in [0.25, 0.3) is 0 Å². The van der Waals surface area contributed by atoms with Gasteiger partial charge in [0.05, 0.1) is 0 Å². The van der Waals surface area contributed by atoms with Gasteiger partial charge in [-0.15, -0.1) is 0 Å². The van der Waals surface area contributed by atoms with Crippen molar-refractivity contribution in [3.8, 4) is 0 Å². The maximum Gasteiger partial charge on any atom is 0.269 e. The molecule has 0 atom stereocenters. The van der Waals surface area contributed by atoms with Crippen LogP contribution in [-0.2, 0) is 0 Å². The van der Waals surface area contributed by atoms with Gasteiger partial charge >= 0.3 is 0 Å². The third kappa shape index (κ3) is 5.81. The summed E-state index contributed by atoms with van der Waals surface area (Å²) in [7, 11) is 0. The third-order valence-electron chi connectivity index (χ3n) is 4.18. The van der Waals surface area contributed by atoms with E-state index in [1.54, 1.807) is 6.07 Å². The predicted molar refractivity (Wildman–Crippen MR) is 109 cm³/mol. The Morgan fingerprint density at radius 3 is 2.30 bits per heavy atom. The maximum absolute atomic E-state index is 12.5. The number of amides is 2. The molecule has 0 aliphatic carbocycles. The van der Waals surface area contributed by atoms with Crippen molar-refractivity contribution >= 4 is 23.2 Å². The first-order chi connectivity index (χ1) is 12.9. The van der Waals surface area contributed by atoms with Gasteiger partial charge in [0.2, 0.25) is 0 Å². The number of hydrogen-bond donors (Lipinski definition) is 2. The van der Waals surface area contributed by atoms with E-state index >= 15 is 0 Å². The van der Waals surface area contributed by atoms with Gasteiger partial charge in [-0.1, -0.05) is 13.8 Å². The van der Waals surface area contributed by atoms with E-state index < -0.39 is 0 Å². The summed E-state index contributed by atoms with van der Waals surface area (Å²) in [5.41, 5.74) is 2.46. The van der Waals surface area contributed by atoms with Crippen molar-refractivity contribution < 1.29 is 9.59 Å². The lowest BCUT2D eigenvalue weighted by atomic mass is 10.2. The van der Waals surface area contributed by atoms with Gasteiger partial charge in [0.15, 0.2) is 0 Å². The largest absolute Gasteiger partial charge is 0.372 e. The molecule has 0 unspecified atom stereocenters. The fourth-order valence-corrected chi connectivity index (χ4v) is 2.63. The quantitative estimate of drug-likeness (QED) is 0.747. The summed E-state index contributed by atoms with van der Waals surface area (Å²) in [6, 6.07) is 10.8. The van der Waals surface area contributed by atoms with Crippen LogP contribution in [0.5, 0.6) is 0 Å². The average Bonchev–Trinajstić information content (AvgIpc) is 2.68. The Kier molecular flexibility index (Phi) is 7.34. The molecule has 0 spiro atoms.